The molecule has 3 heteroatoms. The van der Waals surface area contributed by atoms with E-state index in [2.05, 4.69) is 36.5 Å². The van der Waals surface area contributed by atoms with E-state index >= 15 is 0 Å². The Morgan fingerprint density at radius 2 is 1.95 bits per heavy atom. The molecule has 1 heterocycles. The molecule has 20 heavy (non-hydrogen) atoms. The van der Waals surface area contributed by atoms with Crippen LogP contribution in [0.1, 0.15) is 50.6 Å². The van der Waals surface area contributed by atoms with E-state index in [4.69, 9.17) is 4.74 Å². The molecule has 1 aliphatic heterocycles. The van der Waals surface area contributed by atoms with Gasteiger partial charge >= 0.3 is 0 Å². The minimum Gasteiger partial charge on any atom is -0.388 e. The Labute approximate surface area is 122 Å². The summed E-state index contributed by atoms with van der Waals surface area (Å²) < 4.78 is 5.33. The summed E-state index contributed by atoms with van der Waals surface area (Å²) in [6.45, 7) is 4.21. The van der Waals surface area contributed by atoms with Crippen LogP contribution in [0.2, 0.25) is 0 Å². The van der Waals surface area contributed by atoms with Gasteiger partial charge in [-0.1, -0.05) is 50.1 Å². The van der Waals surface area contributed by atoms with E-state index in [0.717, 1.165) is 19.3 Å². The number of unbranched alkanes of at least 4 members (excludes halogenated alkanes) is 1. The molecule has 0 spiro atoms. The minimum atomic E-state index is -0.600. The number of rotatable bonds is 7. The Morgan fingerprint density at radius 1 is 1.25 bits per heavy atom. The van der Waals surface area contributed by atoms with Crippen molar-refractivity contribution >= 4 is 0 Å². The van der Waals surface area contributed by atoms with Crippen molar-refractivity contribution in [2.45, 2.75) is 50.7 Å². The zero-order chi connectivity index (χ0) is 14.3. The molecule has 1 unspecified atom stereocenters. The molecule has 0 aromatic heterocycles. The van der Waals surface area contributed by atoms with Gasteiger partial charge in [0, 0.05) is 38.6 Å². The number of hydrogen-bond donors (Lipinski definition) is 2. The van der Waals surface area contributed by atoms with E-state index in [1.54, 1.807) is 0 Å². The predicted molar refractivity (Wildman–Crippen MR) is 81.7 cm³/mol. The molecule has 0 radical (unpaired) electrons. The molecule has 1 saturated heterocycles. The molecular weight excluding hydrogens is 250 g/mol. The topological polar surface area (TPSA) is 41.5 Å². The van der Waals surface area contributed by atoms with Gasteiger partial charge in [-0.25, -0.2) is 0 Å². The summed E-state index contributed by atoms with van der Waals surface area (Å²) in [5.74, 6) is 0. The largest absolute Gasteiger partial charge is 0.388 e. The van der Waals surface area contributed by atoms with Gasteiger partial charge in [-0.05, 0) is 12.0 Å². The van der Waals surface area contributed by atoms with Crippen molar-refractivity contribution in [3.8, 4) is 0 Å². The Morgan fingerprint density at radius 3 is 2.60 bits per heavy atom. The summed E-state index contributed by atoms with van der Waals surface area (Å²) >= 11 is 0. The summed E-state index contributed by atoms with van der Waals surface area (Å²) in [5.41, 5.74) is 0.717. The molecule has 112 valence electrons. The first-order chi connectivity index (χ1) is 9.73. The van der Waals surface area contributed by atoms with E-state index < -0.39 is 5.60 Å². The first-order valence-corrected chi connectivity index (χ1v) is 7.82. The van der Waals surface area contributed by atoms with Crippen molar-refractivity contribution in [2.75, 3.05) is 19.8 Å². The molecule has 2 N–H and O–H groups in total. The maximum Gasteiger partial charge on any atom is 0.0815 e. The summed E-state index contributed by atoms with van der Waals surface area (Å²) in [7, 11) is 0. The number of ether oxygens (including phenoxy) is 1. The summed E-state index contributed by atoms with van der Waals surface area (Å²) in [6.07, 6.45) is 4.98. The van der Waals surface area contributed by atoms with E-state index in [1.165, 1.54) is 18.4 Å². The minimum absolute atomic E-state index is 0.336. The lowest BCUT2D eigenvalue weighted by atomic mass is 9.93. The molecule has 1 atom stereocenters. The zero-order valence-corrected chi connectivity index (χ0v) is 12.5. The van der Waals surface area contributed by atoms with Crippen LogP contribution >= 0.6 is 0 Å². The smallest absolute Gasteiger partial charge is 0.0815 e. The van der Waals surface area contributed by atoms with Gasteiger partial charge in [0.2, 0.25) is 0 Å². The summed E-state index contributed by atoms with van der Waals surface area (Å²) in [4.78, 5) is 0. The van der Waals surface area contributed by atoms with Crippen molar-refractivity contribution in [2.24, 2.45) is 0 Å². The van der Waals surface area contributed by atoms with Crippen molar-refractivity contribution in [1.29, 1.82) is 0 Å². The van der Waals surface area contributed by atoms with E-state index in [9.17, 15) is 5.11 Å². The van der Waals surface area contributed by atoms with Gasteiger partial charge in [-0.15, -0.1) is 0 Å². The molecular formula is C17H27NO2. The van der Waals surface area contributed by atoms with E-state index in [1.807, 2.05) is 6.07 Å². The molecule has 0 amide bonds. The molecule has 0 saturated carbocycles. The average molecular weight is 277 g/mol. The first kappa shape index (κ1) is 15.5. The number of benzene rings is 1. The van der Waals surface area contributed by atoms with Gasteiger partial charge < -0.3 is 15.2 Å². The highest BCUT2D eigenvalue weighted by Crippen LogP contribution is 2.23. The first-order valence-electron chi connectivity index (χ1n) is 7.82. The Hall–Kier alpha value is -0.900. The highest BCUT2D eigenvalue weighted by atomic mass is 16.5. The highest BCUT2D eigenvalue weighted by molar-refractivity contribution is 5.18. The lowest BCUT2D eigenvalue weighted by molar-refractivity contribution is -0.0629. The molecule has 3 nitrogen and oxygen atoms in total. The van der Waals surface area contributed by atoms with Crippen LogP contribution in [0.15, 0.2) is 30.3 Å². The normalized spacial score (nSPS) is 19.7. The van der Waals surface area contributed by atoms with Crippen LogP contribution < -0.4 is 5.32 Å². The predicted octanol–water partition coefficient (Wildman–Crippen LogP) is 3.05. The standard InChI is InChI=1S/C17H27NO2/c1-2-3-9-16(15-7-5-4-6-8-15)18-14-17(19)10-12-20-13-11-17/h4-8,16,18-19H,2-3,9-14H2,1H3. The van der Waals surface area contributed by atoms with Gasteiger partial charge in [0.1, 0.15) is 0 Å². The monoisotopic (exact) mass is 277 g/mol. The Bertz CT molecular complexity index is 374. The van der Waals surface area contributed by atoms with E-state index in [0.29, 0.717) is 25.8 Å². The summed E-state index contributed by atoms with van der Waals surface area (Å²) in [6, 6.07) is 10.9. The summed E-state index contributed by atoms with van der Waals surface area (Å²) in [5, 5.41) is 14.1. The van der Waals surface area contributed by atoms with Gasteiger partial charge in [0.25, 0.3) is 0 Å². The zero-order valence-electron chi connectivity index (χ0n) is 12.5. The maximum absolute atomic E-state index is 10.5. The van der Waals surface area contributed by atoms with Crippen LogP contribution in [-0.4, -0.2) is 30.5 Å². The molecule has 1 aromatic carbocycles. The van der Waals surface area contributed by atoms with Crippen LogP contribution in [0.4, 0.5) is 0 Å². The molecule has 2 rings (SSSR count). The molecule has 0 bridgehead atoms. The second-order valence-corrected chi connectivity index (χ2v) is 5.82. The van der Waals surface area contributed by atoms with Crippen LogP contribution in [-0.2, 0) is 4.74 Å². The number of hydrogen-bond acceptors (Lipinski definition) is 3. The molecule has 0 aliphatic carbocycles. The Kier molecular flexibility index (Phi) is 6.02. The SMILES string of the molecule is CCCCC(NCC1(O)CCOCC1)c1ccccc1. The van der Waals surface area contributed by atoms with Crippen molar-refractivity contribution in [1.82, 2.24) is 5.32 Å². The number of aliphatic hydroxyl groups is 1. The van der Waals surface area contributed by atoms with Crippen molar-refractivity contribution in [3.63, 3.8) is 0 Å². The van der Waals surface area contributed by atoms with Gasteiger partial charge in [0.05, 0.1) is 5.60 Å². The fourth-order valence-electron chi connectivity index (χ4n) is 2.72. The molecule has 1 aliphatic rings. The third kappa shape index (κ3) is 4.58. The fraction of sp³-hybridized carbons (Fsp3) is 0.647. The van der Waals surface area contributed by atoms with Gasteiger partial charge in [-0.3, -0.25) is 0 Å². The van der Waals surface area contributed by atoms with Gasteiger partial charge in [-0.2, -0.15) is 0 Å². The van der Waals surface area contributed by atoms with E-state index in [-0.39, 0.29) is 0 Å². The van der Waals surface area contributed by atoms with Crippen LogP contribution in [0.25, 0.3) is 0 Å². The third-order valence-corrected chi connectivity index (χ3v) is 4.15. The lowest BCUT2D eigenvalue weighted by Gasteiger charge is -2.34. The number of nitrogens with one attached hydrogen (secondary N) is 1. The Balaban J connectivity index is 1.93. The second-order valence-electron chi connectivity index (χ2n) is 5.82. The second kappa shape index (κ2) is 7.77. The van der Waals surface area contributed by atoms with Crippen LogP contribution in [0.3, 0.4) is 0 Å². The maximum atomic E-state index is 10.5. The highest BCUT2D eigenvalue weighted by Gasteiger charge is 2.30. The quantitative estimate of drug-likeness (QED) is 0.805. The van der Waals surface area contributed by atoms with Crippen molar-refractivity contribution < 1.29 is 9.84 Å². The molecule has 1 fully saturated rings. The fourth-order valence-corrected chi connectivity index (χ4v) is 2.72. The van der Waals surface area contributed by atoms with Crippen LogP contribution in [0.5, 0.6) is 0 Å². The van der Waals surface area contributed by atoms with Gasteiger partial charge in [0.15, 0.2) is 0 Å². The average Bonchev–Trinajstić information content (AvgIpc) is 2.49. The van der Waals surface area contributed by atoms with Crippen molar-refractivity contribution in [3.05, 3.63) is 35.9 Å². The lowest BCUT2D eigenvalue weighted by Crippen LogP contribution is -2.45. The third-order valence-electron chi connectivity index (χ3n) is 4.15. The molecule has 1 aromatic rings. The van der Waals surface area contributed by atoms with Crippen LogP contribution in [0, 0.1) is 0 Å².